The lowest BCUT2D eigenvalue weighted by atomic mass is 9.85. The van der Waals surface area contributed by atoms with Crippen LogP contribution in [0.2, 0.25) is 5.02 Å². The van der Waals surface area contributed by atoms with Crippen LogP contribution in [0.4, 0.5) is 5.82 Å². The highest BCUT2D eigenvalue weighted by Crippen LogP contribution is 2.38. The molecule has 1 amide bonds. The summed E-state index contributed by atoms with van der Waals surface area (Å²) >= 11 is 6.02. The number of carbonyl (C=O) groups is 2. The Bertz CT molecular complexity index is 1010. The summed E-state index contributed by atoms with van der Waals surface area (Å²) in [5.41, 5.74) is 2.81. The van der Waals surface area contributed by atoms with E-state index in [9.17, 15) is 9.59 Å². The molecule has 5 nitrogen and oxygen atoms in total. The quantitative estimate of drug-likeness (QED) is 0.709. The summed E-state index contributed by atoms with van der Waals surface area (Å²) in [7, 11) is 0. The number of nitrogens with one attached hydrogen (secondary N) is 1. The molecule has 2 heterocycles. The molecule has 0 saturated heterocycles. The first-order chi connectivity index (χ1) is 12.5. The second-order valence-corrected chi connectivity index (χ2v) is 6.71. The second kappa shape index (κ2) is 6.42. The number of anilines is 1. The molecule has 0 unspecified atom stereocenters. The Balaban J connectivity index is 1.83. The molecule has 0 aliphatic carbocycles. The lowest BCUT2D eigenvalue weighted by molar-refractivity contribution is -0.116. The fraction of sp³-hybridized carbons (Fsp3) is 0.150. The Morgan fingerprint density at radius 2 is 1.96 bits per heavy atom. The Kier molecular flexibility index (Phi) is 4.09. The van der Waals surface area contributed by atoms with Crippen molar-refractivity contribution in [2.75, 3.05) is 5.32 Å². The molecule has 2 aromatic carbocycles. The molecule has 0 fully saturated rings. The molecule has 0 spiro atoms. The number of amides is 1. The third-order valence-electron chi connectivity index (χ3n) is 4.53. The van der Waals surface area contributed by atoms with E-state index in [0.717, 1.165) is 16.9 Å². The van der Waals surface area contributed by atoms with Gasteiger partial charge in [-0.15, -0.1) is 0 Å². The minimum Gasteiger partial charge on any atom is -0.310 e. The Morgan fingerprint density at radius 3 is 2.69 bits per heavy atom. The van der Waals surface area contributed by atoms with Crippen LogP contribution in [0.25, 0.3) is 5.69 Å². The van der Waals surface area contributed by atoms with Crippen molar-refractivity contribution in [1.29, 1.82) is 0 Å². The van der Waals surface area contributed by atoms with Crippen molar-refractivity contribution >= 4 is 29.1 Å². The van der Waals surface area contributed by atoms with E-state index < -0.39 is 5.92 Å². The topological polar surface area (TPSA) is 64.0 Å². The Labute approximate surface area is 155 Å². The Hall–Kier alpha value is -2.92. The van der Waals surface area contributed by atoms with Crippen molar-refractivity contribution in [3.05, 3.63) is 76.4 Å². The average Bonchev–Trinajstić information content (AvgIpc) is 2.97. The first-order valence-corrected chi connectivity index (χ1v) is 8.67. The summed E-state index contributed by atoms with van der Waals surface area (Å²) in [5.74, 6) is -0.339. The number of hydrogen-bond acceptors (Lipinski definition) is 3. The first-order valence-electron chi connectivity index (χ1n) is 8.29. The molecule has 1 aromatic heterocycles. The highest BCUT2D eigenvalue weighted by Gasteiger charge is 2.36. The van der Waals surface area contributed by atoms with Gasteiger partial charge in [0, 0.05) is 22.6 Å². The molecule has 26 heavy (non-hydrogen) atoms. The van der Waals surface area contributed by atoms with E-state index in [1.54, 1.807) is 28.9 Å². The second-order valence-electron chi connectivity index (χ2n) is 6.27. The number of aryl methyl sites for hydroxylation is 1. The number of halogens is 1. The molecule has 3 aromatic rings. The third-order valence-corrected chi connectivity index (χ3v) is 4.76. The summed E-state index contributed by atoms with van der Waals surface area (Å²) in [4.78, 5) is 25.4. The van der Waals surface area contributed by atoms with Crippen molar-refractivity contribution in [3.63, 3.8) is 0 Å². The van der Waals surface area contributed by atoms with Crippen LogP contribution < -0.4 is 5.32 Å². The van der Waals surface area contributed by atoms with Crippen LogP contribution in [-0.2, 0) is 4.79 Å². The van der Waals surface area contributed by atoms with Gasteiger partial charge >= 0.3 is 0 Å². The standard InChI is InChI=1S/C20H16ClN3O2/c1-12-18-16(19(26)13-6-5-7-14(21)10-13)11-17(25)22-20(18)24(23-12)15-8-3-2-4-9-15/h2-10,16H,11H2,1H3,(H,22,25)/t16-/m0/s1. The normalized spacial score (nSPS) is 16.1. The molecule has 1 N–H and O–H groups in total. The predicted octanol–water partition coefficient (Wildman–Crippen LogP) is 4.14. The zero-order valence-electron chi connectivity index (χ0n) is 14.1. The lowest BCUT2D eigenvalue weighted by Gasteiger charge is -2.23. The number of ketones is 1. The molecule has 1 aliphatic rings. The summed E-state index contributed by atoms with van der Waals surface area (Å²) in [6.45, 7) is 1.86. The molecule has 1 atom stereocenters. The Morgan fingerprint density at radius 1 is 1.19 bits per heavy atom. The highest BCUT2D eigenvalue weighted by atomic mass is 35.5. The maximum atomic E-state index is 13.1. The number of para-hydroxylation sites is 1. The molecule has 0 radical (unpaired) electrons. The summed E-state index contributed by atoms with van der Waals surface area (Å²) in [5, 5.41) is 7.94. The van der Waals surface area contributed by atoms with Crippen LogP contribution in [0.5, 0.6) is 0 Å². The van der Waals surface area contributed by atoms with Gasteiger partial charge in [-0.2, -0.15) is 5.10 Å². The van der Waals surface area contributed by atoms with E-state index in [-0.39, 0.29) is 18.1 Å². The summed E-state index contributed by atoms with van der Waals surface area (Å²) < 4.78 is 1.68. The van der Waals surface area contributed by atoms with Gasteiger partial charge < -0.3 is 5.32 Å². The van der Waals surface area contributed by atoms with Gasteiger partial charge in [0.25, 0.3) is 0 Å². The van der Waals surface area contributed by atoms with Gasteiger partial charge in [-0.1, -0.05) is 41.9 Å². The minimum atomic E-state index is -0.574. The number of aromatic nitrogens is 2. The van der Waals surface area contributed by atoms with Crippen molar-refractivity contribution in [2.45, 2.75) is 19.3 Å². The van der Waals surface area contributed by atoms with Gasteiger partial charge in [-0.25, -0.2) is 4.68 Å². The van der Waals surface area contributed by atoms with Crippen molar-refractivity contribution < 1.29 is 9.59 Å². The third kappa shape index (κ3) is 2.80. The van der Waals surface area contributed by atoms with Crippen molar-refractivity contribution in [3.8, 4) is 5.69 Å². The van der Waals surface area contributed by atoms with Crippen LogP contribution in [0.3, 0.4) is 0 Å². The SMILES string of the molecule is Cc1nn(-c2ccccc2)c2c1[C@@H](C(=O)c1cccc(Cl)c1)CC(=O)N2. The molecular formula is C20H16ClN3O2. The van der Waals surface area contributed by atoms with Gasteiger partial charge in [0.1, 0.15) is 5.82 Å². The summed E-state index contributed by atoms with van der Waals surface area (Å²) in [6, 6.07) is 16.3. The molecule has 4 rings (SSSR count). The van der Waals surface area contributed by atoms with Crippen LogP contribution >= 0.6 is 11.6 Å². The highest BCUT2D eigenvalue weighted by molar-refractivity contribution is 6.31. The number of Topliss-reactive ketones (excluding diaryl/α,β-unsaturated/α-hetero) is 1. The number of rotatable bonds is 3. The van der Waals surface area contributed by atoms with Crippen molar-refractivity contribution in [1.82, 2.24) is 9.78 Å². The average molecular weight is 366 g/mol. The van der Waals surface area contributed by atoms with Gasteiger partial charge in [0.05, 0.1) is 17.3 Å². The van der Waals surface area contributed by atoms with Crippen molar-refractivity contribution in [2.24, 2.45) is 0 Å². The number of benzene rings is 2. The lowest BCUT2D eigenvalue weighted by Crippen LogP contribution is -2.28. The maximum absolute atomic E-state index is 13.1. The van der Waals surface area contributed by atoms with Crippen LogP contribution in [0.1, 0.15) is 34.0 Å². The van der Waals surface area contributed by atoms with E-state index in [2.05, 4.69) is 10.4 Å². The molecule has 0 saturated carbocycles. The molecule has 6 heteroatoms. The zero-order valence-corrected chi connectivity index (χ0v) is 14.8. The summed E-state index contributed by atoms with van der Waals surface area (Å²) in [6.07, 6.45) is 0.0969. The van der Waals surface area contributed by atoms with E-state index in [0.29, 0.717) is 16.4 Å². The number of carbonyl (C=O) groups excluding carboxylic acids is 2. The fourth-order valence-electron chi connectivity index (χ4n) is 3.37. The maximum Gasteiger partial charge on any atom is 0.226 e. The van der Waals surface area contributed by atoms with Crippen LogP contribution in [0, 0.1) is 6.92 Å². The van der Waals surface area contributed by atoms with Gasteiger partial charge in [0.15, 0.2) is 5.78 Å². The van der Waals surface area contributed by atoms with Gasteiger partial charge in [-0.05, 0) is 31.2 Å². The number of fused-ring (bicyclic) bond motifs is 1. The minimum absolute atomic E-state index is 0.0969. The van der Waals surface area contributed by atoms with E-state index in [1.807, 2.05) is 37.3 Å². The molecule has 1 aliphatic heterocycles. The number of hydrogen-bond donors (Lipinski definition) is 1. The van der Waals surface area contributed by atoms with E-state index in [1.165, 1.54) is 0 Å². The fourth-order valence-corrected chi connectivity index (χ4v) is 3.56. The molecule has 0 bridgehead atoms. The van der Waals surface area contributed by atoms with Gasteiger partial charge in [0.2, 0.25) is 5.91 Å². The van der Waals surface area contributed by atoms with E-state index >= 15 is 0 Å². The van der Waals surface area contributed by atoms with Gasteiger partial charge in [-0.3, -0.25) is 9.59 Å². The number of nitrogens with zero attached hydrogens (tertiary/aromatic N) is 2. The molecule has 130 valence electrons. The van der Waals surface area contributed by atoms with Crippen LogP contribution in [-0.4, -0.2) is 21.5 Å². The van der Waals surface area contributed by atoms with E-state index in [4.69, 9.17) is 11.6 Å². The first kappa shape index (κ1) is 16.5. The predicted molar refractivity (Wildman–Crippen MR) is 100 cm³/mol. The molecular weight excluding hydrogens is 350 g/mol. The van der Waals surface area contributed by atoms with Crippen LogP contribution in [0.15, 0.2) is 54.6 Å². The zero-order chi connectivity index (χ0) is 18.3. The smallest absolute Gasteiger partial charge is 0.226 e. The monoisotopic (exact) mass is 365 g/mol. The largest absolute Gasteiger partial charge is 0.310 e.